The molecule has 0 unspecified atom stereocenters. The molecule has 3 rings (SSSR count). The van der Waals surface area contributed by atoms with Gasteiger partial charge in [-0.2, -0.15) is 0 Å². The van der Waals surface area contributed by atoms with Crippen molar-refractivity contribution in [2.24, 2.45) is 5.41 Å². The molecule has 0 aromatic heterocycles. The van der Waals surface area contributed by atoms with Crippen molar-refractivity contribution in [1.29, 1.82) is 0 Å². The number of hydrogen-bond acceptors (Lipinski definition) is 3. The molecular formula is C24H31NO3. The van der Waals surface area contributed by atoms with Gasteiger partial charge in [-0.3, -0.25) is 4.79 Å². The Morgan fingerprint density at radius 2 is 1.93 bits per heavy atom. The van der Waals surface area contributed by atoms with E-state index < -0.39 is 5.41 Å². The zero-order valence-electron chi connectivity index (χ0n) is 17.1. The Kier molecular flexibility index (Phi) is 6.53. The van der Waals surface area contributed by atoms with E-state index in [0.717, 1.165) is 5.56 Å². The number of carbonyl (C=O) groups excluding carboxylic acids is 1. The van der Waals surface area contributed by atoms with Crippen LogP contribution in [0.3, 0.4) is 0 Å². The van der Waals surface area contributed by atoms with Crippen molar-refractivity contribution in [3.8, 4) is 11.1 Å². The molecule has 0 spiro atoms. The fourth-order valence-corrected chi connectivity index (χ4v) is 4.05. The summed E-state index contributed by atoms with van der Waals surface area (Å²) in [6.45, 7) is 7.20. The minimum atomic E-state index is -0.484. The van der Waals surface area contributed by atoms with Crippen LogP contribution in [0.15, 0.2) is 42.5 Å². The number of benzene rings is 2. The first kappa shape index (κ1) is 20.6. The highest BCUT2D eigenvalue weighted by Crippen LogP contribution is 2.36. The molecule has 1 amide bonds. The van der Waals surface area contributed by atoms with Gasteiger partial charge in [0.15, 0.2) is 0 Å². The minimum absolute atomic E-state index is 0.0225. The number of nitrogens with one attached hydrogen (secondary N) is 1. The van der Waals surface area contributed by atoms with Gasteiger partial charge < -0.3 is 15.2 Å². The summed E-state index contributed by atoms with van der Waals surface area (Å²) in [7, 11) is 0. The summed E-state index contributed by atoms with van der Waals surface area (Å²) in [5.74, 6) is 0.0225. The summed E-state index contributed by atoms with van der Waals surface area (Å²) in [6.07, 6.45) is 2.08. The fraction of sp³-hybridized carbons (Fsp3) is 0.458. The average Bonchev–Trinajstić information content (AvgIpc) is 2.68. The van der Waals surface area contributed by atoms with Crippen molar-refractivity contribution in [2.75, 3.05) is 19.8 Å². The summed E-state index contributed by atoms with van der Waals surface area (Å²) in [5, 5.41) is 12.3. The molecule has 1 aliphatic heterocycles. The molecule has 28 heavy (non-hydrogen) atoms. The fourth-order valence-electron chi connectivity index (χ4n) is 4.05. The monoisotopic (exact) mass is 381 g/mol. The Balaban J connectivity index is 1.88. The number of amides is 1. The van der Waals surface area contributed by atoms with Crippen LogP contribution in [-0.4, -0.2) is 36.9 Å². The highest BCUT2D eigenvalue weighted by molar-refractivity contribution is 5.83. The Morgan fingerprint density at radius 1 is 1.18 bits per heavy atom. The lowest BCUT2D eigenvalue weighted by Crippen LogP contribution is -2.49. The number of carbonyl (C=O) groups is 1. The van der Waals surface area contributed by atoms with Gasteiger partial charge in [-0.25, -0.2) is 0 Å². The van der Waals surface area contributed by atoms with E-state index in [4.69, 9.17) is 4.74 Å². The zero-order valence-corrected chi connectivity index (χ0v) is 17.1. The SMILES string of the molecule is Cc1ccc(-c2cccc(CC3(C(=O)N[C@H](C)CO)CCOCC3)c2)c(C)c1. The summed E-state index contributed by atoms with van der Waals surface area (Å²) >= 11 is 0. The molecular weight excluding hydrogens is 350 g/mol. The van der Waals surface area contributed by atoms with Crippen LogP contribution in [0.5, 0.6) is 0 Å². The summed E-state index contributed by atoms with van der Waals surface area (Å²) < 4.78 is 5.53. The van der Waals surface area contributed by atoms with Crippen LogP contribution < -0.4 is 5.32 Å². The molecule has 2 aromatic rings. The van der Waals surface area contributed by atoms with E-state index >= 15 is 0 Å². The number of ether oxygens (including phenoxy) is 1. The number of rotatable bonds is 6. The smallest absolute Gasteiger partial charge is 0.227 e. The van der Waals surface area contributed by atoms with Gasteiger partial charge in [0.25, 0.3) is 0 Å². The molecule has 0 radical (unpaired) electrons. The van der Waals surface area contributed by atoms with Crippen molar-refractivity contribution >= 4 is 5.91 Å². The van der Waals surface area contributed by atoms with Crippen LogP contribution in [0.4, 0.5) is 0 Å². The van der Waals surface area contributed by atoms with Gasteiger partial charge in [-0.15, -0.1) is 0 Å². The molecule has 1 aliphatic rings. The zero-order chi connectivity index (χ0) is 20.1. The lowest BCUT2D eigenvalue weighted by molar-refractivity contribution is -0.137. The molecule has 0 aliphatic carbocycles. The number of aliphatic hydroxyl groups excluding tert-OH is 1. The van der Waals surface area contributed by atoms with E-state index in [9.17, 15) is 9.90 Å². The second kappa shape index (κ2) is 8.89. The predicted octanol–water partition coefficient (Wildman–Crippen LogP) is 3.81. The maximum absolute atomic E-state index is 13.1. The van der Waals surface area contributed by atoms with Gasteiger partial charge in [0, 0.05) is 19.3 Å². The molecule has 1 saturated heterocycles. The van der Waals surface area contributed by atoms with E-state index in [2.05, 4.69) is 61.6 Å². The Labute approximate surface area is 167 Å². The largest absolute Gasteiger partial charge is 0.394 e. The van der Waals surface area contributed by atoms with Crippen molar-refractivity contribution < 1.29 is 14.6 Å². The van der Waals surface area contributed by atoms with E-state index in [1.807, 2.05) is 6.92 Å². The maximum Gasteiger partial charge on any atom is 0.227 e. The van der Waals surface area contributed by atoms with Crippen LogP contribution in [0.2, 0.25) is 0 Å². The highest BCUT2D eigenvalue weighted by atomic mass is 16.5. The van der Waals surface area contributed by atoms with Crippen molar-refractivity contribution in [2.45, 2.75) is 46.1 Å². The predicted molar refractivity (Wildman–Crippen MR) is 112 cm³/mol. The molecule has 4 nitrogen and oxygen atoms in total. The normalized spacial score (nSPS) is 17.1. The average molecular weight is 382 g/mol. The standard InChI is InChI=1S/C24H31NO3/c1-17-7-8-22(18(2)13-17)21-6-4-5-20(14-21)15-24(9-11-28-12-10-24)23(27)25-19(3)16-26/h4-8,13-14,19,26H,9-12,15-16H2,1-3H3,(H,25,27)/t19-/m1/s1. The molecule has 4 heteroatoms. The first-order valence-corrected chi connectivity index (χ1v) is 10.1. The van der Waals surface area contributed by atoms with Crippen LogP contribution in [0.25, 0.3) is 11.1 Å². The minimum Gasteiger partial charge on any atom is -0.394 e. The Morgan fingerprint density at radius 3 is 2.61 bits per heavy atom. The summed E-state index contributed by atoms with van der Waals surface area (Å²) in [5.41, 5.74) is 5.60. The quantitative estimate of drug-likeness (QED) is 0.800. The first-order chi connectivity index (χ1) is 13.4. The number of hydrogen-bond donors (Lipinski definition) is 2. The van der Waals surface area contributed by atoms with Crippen LogP contribution in [0.1, 0.15) is 36.5 Å². The molecule has 2 aromatic carbocycles. The third kappa shape index (κ3) is 4.62. The van der Waals surface area contributed by atoms with E-state index in [-0.39, 0.29) is 18.6 Å². The van der Waals surface area contributed by atoms with Gasteiger partial charge in [-0.05, 0) is 62.3 Å². The van der Waals surface area contributed by atoms with E-state index in [1.54, 1.807) is 0 Å². The second-order valence-corrected chi connectivity index (χ2v) is 8.15. The third-order valence-electron chi connectivity index (χ3n) is 5.75. The molecule has 1 heterocycles. The van der Waals surface area contributed by atoms with Gasteiger partial charge in [-0.1, -0.05) is 48.0 Å². The molecule has 0 saturated carbocycles. The molecule has 2 N–H and O–H groups in total. The summed E-state index contributed by atoms with van der Waals surface area (Å²) in [4.78, 5) is 13.1. The molecule has 150 valence electrons. The molecule has 1 fully saturated rings. The van der Waals surface area contributed by atoms with E-state index in [0.29, 0.717) is 32.5 Å². The van der Waals surface area contributed by atoms with Crippen LogP contribution in [0, 0.1) is 19.3 Å². The second-order valence-electron chi connectivity index (χ2n) is 8.15. The summed E-state index contributed by atoms with van der Waals surface area (Å²) in [6, 6.07) is 14.8. The third-order valence-corrected chi connectivity index (χ3v) is 5.75. The topological polar surface area (TPSA) is 58.6 Å². The van der Waals surface area contributed by atoms with Crippen molar-refractivity contribution in [3.63, 3.8) is 0 Å². The van der Waals surface area contributed by atoms with E-state index in [1.165, 1.54) is 22.3 Å². The lowest BCUT2D eigenvalue weighted by Gasteiger charge is -2.36. The number of aliphatic hydroxyl groups is 1. The first-order valence-electron chi connectivity index (χ1n) is 10.1. The van der Waals surface area contributed by atoms with Crippen molar-refractivity contribution in [3.05, 3.63) is 59.2 Å². The lowest BCUT2D eigenvalue weighted by atomic mass is 9.74. The van der Waals surface area contributed by atoms with Gasteiger partial charge >= 0.3 is 0 Å². The van der Waals surface area contributed by atoms with Gasteiger partial charge in [0.05, 0.1) is 12.0 Å². The van der Waals surface area contributed by atoms with Crippen LogP contribution in [-0.2, 0) is 16.0 Å². The Hall–Kier alpha value is -2.17. The Bertz CT molecular complexity index is 824. The van der Waals surface area contributed by atoms with Gasteiger partial charge in [0.1, 0.15) is 0 Å². The highest BCUT2D eigenvalue weighted by Gasteiger charge is 2.40. The van der Waals surface area contributed by atoms with Crippen LogP contribution >= 0.6 is 0 Å². The van der Waals surface area contributed by atoms with Gasteiger partial charge in [0.2, 0.25) is 5.91 Å². The van der Waals surface area contributed by atoms with Crippen molar-refractivity contribution in [1.82, 2.24) is 5.32 Å². The molecule has 1 atom stereocenters. The maximum atomic E-state index is 13.1. The number of aryl methyl sites for hydroxylation is 2. The molecule has 0 bridgehead atoms.